The van der Waals surface area contributed by atoms with Crippen LogP contribution in [0.15, 0.2) is 66.7 Å². The molecular formula is C18H11. The lowest BCUT2D eigenvalue weighted by Gasteiger charge is -2.04. The smallest absolute Gasteiger partial charge is 0.00988 e. The molecule has 0 amide bonds. The summed E-state index contributed by atoms with van der Waals surface area (Å²) in [4.78, 5) is 0. The summed E-state index contributed by atoms with van der Waals surface area (Å²) in [5.41, 5.74) is 0. The van der Waals surface area contributed by atoms with E-state index in [4.69, 9.17) is 0 Å². The van der Waals surface area contributed by atoms with Crippen molar-refractivity contribution < 1.29 is 0 Å². The van der Waals surface area contributed by atoms with E-state index in [0.29, 0.717) is 0 Å². The molecule has 83 valence electrons. The van der Waals surface area contributed by atoms with Crippen LogP contribution in [0.1, 0.15) is 0 Å². The number of rotatable bonds is 0. The fourth-order valence-electron chi connectivity index (χ4n) is 2.56. The van der Waals surface area contributed by atoms with Crippen molar-refractivity contribution >= 4 is 32.3 Å². The normalized spacial score (nSPS) is 11.3. The Morgan fingerprint density at radius 3 is 1.94 bits per heavy atom. The number of fused-ring (bicyclic) bond motifs is 3. The zero-order chi connectivity index (χ0) is 11.9. The molecule has 18 heavy (non-hydrogen) atoms. The minimum atomic E-state index is 1.18. The van der Waals surface area contributed by atoms with Gasteiger partial charge in [0.15, 0.2) is 0 Å². The van der Waals surface area contributed by atoms with Gasteiger partial charge in [-0.05, 0) is 62.6 Å². The molecule has 0 aliphatic carbocycles. The number of hydrogen-bond donors (Lipinski definition) is 0. The highest BCUT2D eigenvalue weighted by Gasteiger charge is 2.00. The molecule has 0 N–H and O–H groups in total. The number of benzene rings is 4. The number of hydrogen-bond acceptors (Lipinski definition) is 0. The zero-order valence-corrected chi connectivity index (χ0v) is 9.85. The highest BCUT2D eigenvalue weighted by Crippen LogP contribution is 2.26. The lowest BCUT2D eigenvalue weighted by atomic mass is 10.00. The van der Waals surface area contributed by atoms with E-state index in [1.807, 2.05) is 12.1 Å². The predicted molar refractivity (Wildman–Crippen MR) is 77.8 cm³/mol. The van der Waals surface area contributed by atoms with Crippen LogP contribution in [-0.2, 0) is 0 Å². The fraction of sp³-hybridized carbons (Fsp3) is 0. The summed E-state index contributed by atoms with van der Waals surface area (Å²) < 4.78 is 0. The predicted octanol–water partition coefficient (Wildman–Crippen LogP) is 4.95. The van der Waals surface area contributed by atoms with Crippen molar-refractivity contribution in [1.82, 2.24) is 0 Å². The van der Waals surface area contributed by atoms with Crippen molar-refractivity contribution in [2.75, 3.05) is 0 Å². The second kappa shape index (κ2) is 3.58. The van der Waals surface area contributed by atoms with Crippen LogP contribution in [0.5, 0.6) is 0 Å². The molecule has 0 aromatic heterocycles. The van der Waals surface area contributed by atoms with Crippen molar-refractivity contribution in [3.05, 3.63) is 72.8 Å². The average Bonchev–Trinajstić information content (AvgIpc) is 2.42. The molecule has 0 heterocycles. The van der Waals surface area contributed by atoms with Gasteiger partial charge in [0.25, 0.3) is 0 Å². The van der Waals surface area contributed by atoms with Gasteiger partial charge in [0.1, 0.15) is 0 Å². The van der Waals surface area contributed by atoms with Gasteiger partial charge in [0, 0.05) is 0 Å². The van der Waals surface area contributed by atoms with E-state index in [-0.39, 0.29) is 0 Å². The standard InChI is InChI=1S/C18H11/c1-2-6-14-10-18-12-16-8-4-3-7-15(16)11-17(18)9-13(14)5-1/h1-7,9-12H. The van der Waals surface area contributed by atoms with Crippen molar-refractivity contribution in [3.63, 3.8) is 0 Å². The first-order valence-corrected chi connectivity index (χ1v) is 6.13. The molecule has 0 aliphatic heterocycles. The molecule has 0 saturated carbocycles. The quantitative estimate of drug-likeness (QED) is 0.373. The van der Waals surface area contributed by atoms with Gasteiger partial charge in [0.05, 0.1) is 0 Å². The van der Waals surface area contributed by atoms with E-state index in [1.165, 1.54) is 32.3 Å². The van der Waals surface area contributed by atoms with Crippen molar-refractivity contribution in [2.45, 2.75) is 0 Å². The summed E-state index contributed by atoms with van der Waals surface area (Å²) in [6, 6.07) is 26.9. The summed E-state index contributed by atoms with van der Waals surface area (Å²) in [6.07, 6.45) is 0. The SMILES string of the molecule is [c]1cccc2cc3cc4ccccc4cc3cc12. The minimum absolute atomic E-state index is 1.18. The molecule has 0 heteroatoms. The monoisotopic (exact) mass is 227 g/mol. The largest absolute Gasteiger partial charge is 0.0616 e. The maximum absolute atomic E-state index is 3.29. The van der Waals surface area contributed by atoms with Gasteiger partial charge in [-0.25, -0.2) is 0 Å². The van der Waals surface area contributed by atoms with Crippen LogP contribution < -0.4 is 0 Å². The molecule has 0 nitrogen and oxygen atoms in total. The van der Waals surface area contributed by atoms with Crippen LogP contribution in [0.3, 0.4) is 0 Å². The van der Waals surface area contributed by atoms with E-state index in [0.717, 1.165) is 0 Å². The molecule has 0 unspecified atom stereocenters. The molecule has 0 aliphatic rings. The summed E-state index contributed by atoms with van der Waals surface area (Å²) in [6.45, 7) is 0. The topological polar surface area (TPSA) is 0 Å². The van der Waals surface area contributed by atoms with Gasteiger partial charge in [0.2, 0.25) is 0 Å². The van der Waals surface area contributed by atoms with Crippen LogP contribution in [0.4, 0.5) is 0 Å². The molecule has 4 rings (SSSR count). The van der Waals surface area contributed by atoms with E-state index in [1.54, 1.807) is 0 Å². The maximum atomic E-state index is 3.29. The Hall–Kier alpha value is -2.34. The Balaban J connectivity index is 2.20. The van der Waals surface area contributed by atoms with Gasteiger partial charge >= 0.3 is 0 Å². The lowest BCUT2D eigenvalue weighted by molar-refractivity contribution is 1.76. The third-order valence-corrected chi connectivity index (χ3v) is 3.48. The Morgan fingerprint density at radius 2 is 1.17 bits per heavy atom. The lowest BCUT2D eigenvalue weighted by Crippen LogP contribution is -1.78. The Morgan fingerprint density at radius 1 is 0.556 bits per heavy atom. The molecule has 0 saturated heterocycles. The molecule has 1 radical (unpaired) electrons. The average molecular weight is 227 g/mol. The Bertz CT molecular complexity index is 728. The maximum Gasteiger partial charge on any atom is -0.00988 e. The van der Waals surface area contributed by atoms with E-state index < -0.39 is 0 Å². The third-order valence-electron chi connectivity index (χ3n) is 3.48. The first-order chi connectivity index (χ1) is 8.90. The molecular weight excluding hydrogens is 216 g/mol. The van der Waals surface area contributed by atoms with Gasteiger partial charge in [-0.1, -0.05) is 42.5 Å². The second-order valence-electron chi connectivity index (χ2n) is 4.66. The van der Waals surface area contributed by atoms with Crippen LogP contribution in [0, 0.1) is 6.07 Å². The Kier molecular flexibility index (Phi) is 1.92. The molecule has 0 atom stereocenters. The summed E-state index contributed by atoms with van der Waals surface area (Å²) in [5, 5.41) is 7.59. The third kappa shape index (κ3) is 1.39. The summed E-state index contributed by atoms with van der Waals surface area (Å²) in [5.74, 6) is 0. The zero-order valence-electron chi connectivity index (χ0n) is 9.85. The van der Waals surface area contributed by atoms with Crippen LogP contribution in [0.2, 0.25) is 0 Å². The fourth-order valence-corrected chi connectivity index (χ4v) is 2.56. The van der Waals surface area contributed by atoms with E-state index in [2.05, 4.69) is 60.7 Å². The molecule has 0 fully saturated rings. The van der Waals surface area contributed by atoms with Gasteiger partial charge in [-0.15, -0.1) is 0 Å². The molecule has 0 spiro atoms. The first-order valence-electron chi connectivity index (χ1n) is 6.13. The second-order valence-corrected chi connectivity index (χ2v) is 4.66. The highest BCUT2D eigenvalue weighted by molar-refractivity contribution is 6.04. The van der Waals surface area contributed by atoms with Crippen molar-refractivity contribution in [3.8, 4) is 0 Å². The molecule has 4 aromatic carbocycles. The van der Waals surface area contributed by atoms with Gasteiger partial charge in [-0.3, -0.25) is 0 Å². The first kappa shape index (κ1) is 9.67. The molecule has 0 bridgehead atoms. The minimum Gasteiger partial charge on any atom is -0.0616 e. The van der Waals surface area contributed by atoms with E-state index >= 15 is 0 Å². The van der Waals surface area contributed by atoms with E-state index in [9.17, 15) is 0 Å². The summed E-state index contributed by atoms with van der Waals surface area (Å²) >= 11 is 0. The summed E-state index contributed by atoms with van der Waals surface area (Å²) in [7, 11) is 0. The van der Waals surface area contributed by atoms with Crippen molar-refractivity contribution in [2.24, 2.45) is 0 Å². The Labute approximate surface area is 105 Å². The van der Waals surface area contributed by atoms with Crippen LogP contribution in [0.25, 0.3) is 32.3 Å². The van der Waals surface area contributed by atoms with Gasteiger partial charge in [-0.2, -0.15) is 0 Å². The van der Waals surface area contributed by atoms with Crippen LogP contribution >= 0.6 is 0 Å². The van der Waals surface area contributed by atoms with Crippen molar-refractivity contribution in [1.29, 1.82) is 0 Å². The van der Waals surface area contributed by atoms with Crippen LogP contribution in [-0.4, -0.2) is 0 Å². The molecule has 4 aromatic rings. The highest BCUT2D eigenvalue weighted by atomic mass is 14.0. The van der Waals surface area contributed by atoms with Gasteiger partial charge < -0.3 is 0 Å².